The van der Waals surface area contributed by atoms with Gasteiger partial charge in [0.1, 0.15) is 5.76 Å². The van der Waals surface area contributed by atoms with E-state index in [1.807, 2.05) is 30.3 Å². The second-order valence-corrected chi connectivity index (χ2v) is 7.18. The number of aryl methyl sites for hydroxylation is 1. The van der Waals surface area contributed by atoms with Crippen molar-refractivity contribution < 1.29 is 4.42 Å². The molecule has 9 nitrogen and oxygen atoms in total. The predicted octanol–water partition coefficient (Wildman–Crippen LogP) is 2.28. The Balaban J connectivity index is 1.83. The van der Waals surface area contributed by atoms with Crippen molar-refractivity contribution in [3.05, 3.63) is 79.3 Å². The third-order valence-electron chi connectivity index (χ3n) is 4.48. The van der Waals surface area contributed by atoms with E-state index in [0.29, 0.717) is 28.4 Å². The molecule has 0 amide bonds. The lowest BCUT2D eigenvalue weighted by Gasteiger charge is -2.09. The van der Waals surface area contributed by atoms with Gasteiger partial charge >= 0.3 is 5.69 Å². The summed E-state index contributed by atoms with van der Waals surface area (Å²) in [6, 6.07) is 13.2. The van der Waals surface area contributed by atoms with Gasteiger partial charge in [-0.3, -0.25) is 18.5 Å². The van der Waals surface area contributed by atoms with Crippen LogP contribution in [-0.2, 0) is 20.6 Å². The Morgan fingerprint density at radius 1 is 1.14 bits per heavy atom. The summed E-state index contributed by atoms with van der Waals surface area (Å²) in [5.41, 5.74) is 3.57. The van der Waals surface area contributed by atoms with Crippen LogP contribution < -0.4 is 16.7 Å². The molecule has 0 radical (unpaired) electrons. The first-order chi connectivity index (χ1) is 14.0. The highest BCUT2D eigenvalue weighted by molar-refractivity contribution is 9.10. The SMILES string of the molecule is Cn1c(=O)c2c(nc(NN=Cc3ccc(Br)o3)n2Cc2ccccc2)n(C)c1=O. The highest BCUT2D eigenvalue weighted by Crippen LogP contribution is 2.18. The van der Waals surface area contributed by atoms with E-state index in [4.69, 9.17) is 4.42 Å². The van der Waals surface area contributed by atoms with Crippen LogP contribution in [0.15, 0.2) is 66.2 Å². The van der Waals surface area contributed by atoms with E-state index in [1.165, 1.54) is 17.8 Å². The molecular formula is C19H17BrN6O3. The number of hydrazone groups is 1. The standard InChI is InChI=1S/C19H17BrN6O3/c1-24-16-15(17(27)25(2)19(24)28)26(11-12-6-4-3-5-7-12)18(22-16)23-21-10-13-8-9-14(20)29-13/h3-10H,11H2,1-2H3,(H,22,23). The largest absolute Gasteiger partial charge is 0.448 e. The fraction of sp³-hybridized carbons (Fsp3) is 0.158. The van der Waals surface area contributed by atoms with Crippen molar-refractivity contribution in [2.45, 2.75) is 6.54 Å². The molecule has 148 valence electrons. The lowest BCUT2D eigenvalue weighted by Crippen LogP contribution is -2.37. The van der Waals surface area contributed by atoms with Crippen LogP contribution in [0.3, 0.4) is 0 Å². The number of aromatic nitrogens is 4. The number of nitrogens with one attached hydrogen (secondary N) is 1. The van der Waals surface area contributed by atoms with Crippen molar-refractivity contribution in [2.24, 2.45) is 19.2 Å². The molecule has 0 aliphatic heterocycles. The molecule has 4 aromatic rings. The fourth-order valence-electron chi connectivity index (χ4n) is 3.00. The molecule has 1 aromatic carbocycles. The lowest BCUT2D eigenvalue weighted by molar-refractivity contribution is 0.534. The predicted molar refractivity (Wildman–Crippen MR) is 113 cm³/mol. The van der Waals surface area contributed by atoms with E-state index in [-0.39, 0.29) is 5.65 Å². The van der Waals surface area contributed by atoms with E-state index >= 15 is 0 Å². The normalized spacial score (nSPS) is 11.6. The number of hydrogen-bond acceptors (Lipinski definition) is 6. The van der Waals surface area contributed by atoms with Gasteiger partial charge in [-0.25, -0.2) is 10.2 Å². The van der Waals surface area contributed by atoms with Crippen molar-refractivity contribution in [1.82, 2.24) is 18.7 Å². The number of fused-ring (bicyclic) bond motifs is 1. The number of halogens is 1. The Kier molecular flexibility index (Phi) is 4.93. The van der Waals surface area contributed by atoms with Crippen LogP contribution in [0.2, 0.25) is 0 Å². The van der Waals surface area contributed by atoms with Crippen LogP contribution >= 0.6 is 15.9 Å². The molecule has 0 saturated carbocycles. The maximum atomic E-state index is 12.8. The quantitative estimate of drug-likeness (QED) is 0.366. The minimum atomic E-state index is -0.442. The Labute approximate surface area is 173 Å². The number of hydrogen-bond donors (Lipinski definition) is 1. The number of furan rings is 1. The van der Waals surface area contributed by atoms with Crippen molar-refractivity contribution in [2.75, 3.05) is 5.43 Å². The summed E-state index contributed by atoms with van der Waals surface area (Å²) in [4.78, 5) is 29.6. The van der Waals surface area contributed by atoms with Gasteiger partial charge in [0.05, 0.1) is 12.8 Å². The third kappa shape index (κ3) is 3.54. The van der Waals surface area contributed by atoms with E-state index in [0.717, 1.165) is 10.1 Å². The van der Waals surface area contributed by atoms with Crippen LogP contribution in [-0.4, -0.2) is 24.9 Å². The Morgan fingerprint density at radius 2 is 1.90 bits per heavy atom. The second-order valence-electron chi connectivity index (χ2n) is 6.40. The summed E-state index contributed by atoms with van der Waals surface area (Å²) in [5.74, 6) is 0.877. The summed E-state index contributed by atoms with van der Waals surface area (Å²) in [6.07, 6.45) is 1.49. The minimum Gasteiger partial charge on any atom is -0.448 e. The summed E-state index contributed by atoms with van der Waals surface area (Å²) in [7, 11) is 3.03. The molecule has 0 unspecified atom stereocenters. The second kappa shape index (κ2) is 7.55. The molecule has 4 rings (SSSR count). The van der Waals surface area contributed by atoms with Crippen molar-refractivity contribution in [3.8, 4) is 0 Å². The van der Waals surface area contributed by atoms with Gasteiger partial charge in [0.25, 0.3) is 5.56 Å². The summed E-state index contributed by atoms with van der Waals surface area (Å²) < 4.78 is 10.1. The van der Waals surface area contributed by atoms with Crippen molar-refractivity contribution >= 4 is 39.3 Å². The highest BCUT2D eigenvalue weighted by Gasteiger charge is 2.19. The van der Waals surface area contributed by atoms with Crippen molar-refractivity contribution in [1.29, 1.82) is 0 Å². The van der Waals surface area contributed by atoms with E-state index in [1.54, 1.807) is 23.7 Å². The first kappa shape index (κ1) is 18.9. The van der Waals surface area contributed by atoms with E-state index in [9.17, 15) is 9.59 Å². The summed E-state index contributed by atoms with van der Waals surface area (Å²) >= 11 is 3.24. The van der Waals surface area contributed by atoms with Gasteiger partial charge in [-0.05, 0) is 33.6 Å². The Hall–Kier alpha value is -3.40. The van der Waals surface area contributed by atoms with Gasteiger partial charge < -0.3 is 4.42 Å². The average Bonchev–Trinajstić information content (AvgIpc) is 3.29. The molecule has 3 heterocycles. The summed E-state index contributed by atoms with van der Waals surface area (Å²) in [5, 5.41) is 4.16. The van der Waals surface area contributed by atoms with Crippen molar-refractivity contribution in [3.63, 3.8) is 0 Å². The molecule has 0 fully saturated rings. The maximum Gasteiger partial charge on any atom is 0.332 e. The topological polar surface area (TPSA) is 99.3 Å². The molecule has 10 heteroatoms. The zero-order chi connectivity index (χ0) is 20.5. The zero-order valence-corrected chi connectivity index (χ0v) is 17.3. The van der Waals surface area contributed by atoms with Gasteiger partial charge in [-0.2, -0.15) is 10.1 Å². The van der Waals surface area contributed by atoms with E-state index < -0.39 is 11.2 Å². The molecule has 29 heavy (non-hydrogen) atoms. The van der Waals surface area contributed by atoms with Gasteiger partial charge in [0.15, 0.2) is 15.8 Å². The van der Waals surface area contributed by atoms with Gasteiger partial charge in [-0.15, -0.1) is 0 Å². The van der Waals surface area contributed by atoms with Gasteiger partial charge in [0, 0.05) is 14.1 Å². The molecule has 3 aromatic heterocycles. The molecule has 0 aliphatic carbocycles. The zero-order valence-electron chi connectivity index (χ0n) is 15.7. The van der Waals surface area contributed by atoms with Crippen LogP contribution in [0.4, 0.5) is 5.95 Å². The number of benzene rings is 1. The molecule has 1 N–H and O–H groups in total. The smallest absolute Gasteiger partial charge is 0.332 e. The third-order valence-corrected chi connectivity index (χ3v) is 4.91. The van der Waals surface area contributed by atoms with Gasteiger partial charge in [-0.1, -0.05) is 30.3 Å². The Bertz CT molecular complexity index is 1330. The number of imidazole rings is 1. The molecule has 0 bridgehead atoms. The molecule has 0 saturated heterocycles. The lowest BCUT2D eigenvalue weighted by atomic mass is 10.2. The molecular weight excluding hydrogens is 440 g/mol. The average molecular weight is 457 g/mol. The molecule has 0 atom stereocenters. The van der Waals surface area contributed by atoms with Crippen LogP contribution in [0.5, 0.6) is 0 Å². The molecule has 0 aliphatic rings. The van der Waals surface area contributed by atoms with Crippen LogP contribution in [0.1, 0.15) is 11.3 Å². The number of rotatable bonds is 5. The number of nitrogens with zero attached hydrogens (tertiary/aromatic N) is 5. The van der Waals surface area contributed by atoms with E-state index in [2.05, 4.69) is 31.4 Å². The van der Waals surface area contributed by atoms with Gasteiger partial charge in [0.2, 0.25) is 5.95 Å². The monoisotopic (exact) mass is 456 g/mol. The number of anilines is 1. The summed E-state index contributed by atoms with van der Waals surface area (Å²) in [6.45, 7) is 0.384. The maximum absolute atomic E-state index is 12.8. The Morgan fingerprint density at radius 3 is 2.59 bits per heavy atom. The first-order valence-corrected chi connectivity index (χ1v) is 9.49. The minimum absolute atomic E-state index is 0.285. The van der Waals surface area contributed by atoms with Crippen LogP contribution in [0, 0.1) is 0 Å². The highest BCUT2D eigenvalue weighted by atomic mass is 79.9. The fourth-order valence-corrected chi connectivity index (χ4v) is 3.32. The molecule has 0 spiro atoms. The van der Waals surface area contributed by atoms with Crippen LogP contribution in [0.25, 0.3) is 11.2 Å². The first-order valence-electron chi connectivity index (χ1n) is 8.70.